The minimum atomic E-state index is -1.49. The Labute approximate surface area is 78.8 Å². The Kier molecular flexibility index (Phi) is 2.57. The SMILES string of the molecule is Nc1cc(F)cc(C(N)C(=O)O)c1O. The molecule has 1 aromatic rings. The summed E-state index contributed by atoms with van der Waals surface area (Å²) < 4.78 is 12.8. The third-order valence-corrected chi connectivity index (χ3v) is 1.73. The molecule has 6 N–H and O–H groups in total. The van der Waals surface area contributed by atoms with E-state index in [9.17, 15) is 14.3 Å². The average Bonchev–Trinajstić information content (AvgIpc) is 2.09. The highest BCUT2D eigenvalue weighted by molar-refractivity contribution is 5.77. The summed E-state index contributed by atoms with van der Waals surface area (Å²) in [5.41, 5.74) is 9.94. The van der Waals surface area contributed by atoms with E-state index in [2.05, 4.69) is 0 Å². The van der Waals surface area contributed by atoms with Crippen LogP contribution in [0, 0.1) is 5.82 Å². The third kappa shape index (κ3) is 1.74. The molecule has 0 heterocycles. The molecule has 1 atom stereocenters. The van der Waals surface area contributed by atoms with Crippen molar-refractivity contribution < 1.29 is 19.4 Å². The summed E-state index contributed by atoms with van der Waals surface area (Å²) in [7, 11) is 0. The highest BCUT2D eigenvalue weighted by Crippen LogP contribution is 2.30. The van der Waals surface area contributed by atoms with Gasteiger partial charge in [-0.3, -0.25) is 4.79 Å². The standard InChI is InChI=1S/C8H9FN2O3/c9-3-1-4(6(11)8(13)14)7(12)5(10)2-3/h1-2,6,12H,10-11H2,(H,13,14). The van der Waals surface area contributed by atoms with E-state index in [0.29, 0.717) is 0 Å². The van der Waals surface area contributed by atoms with Crippen LogP contribution < -0.4 is 11.5 Å². The molecule has 0 fully saturated rings. The van der Waals surface area contributed by atoms with Crippen LogP contribution in [0.1, 0.15) is 11.6 Å². The average molecular weight is 200 g/mol. The molecule has 0 bridgehead atoms. The van der Waals surface area contributed by atoms with E-state index in [4.69, 9.17) is 16.6 Å². The molecule has 0 aliphatic rings. The van der Waals surface area contributed by atoms with Crippen molar-refractivity contribution >= 4 is 11.7 Å². The number of nitrogens with two attached hydrogens (primary N) is 2. The molecule has 1 unspecified atom stereocenters. The molecule has 5 nitrogen and oxygen atoms in total. The van der Waals surface area contributed by atoms with Gasteiger partial charge >= 0.3 is 5.97 Å². The lowest BCUT2D eigenvalue weighted by Crippen LogP contribution is -2.21. The Morgan fingerprint density at radius 2 is 2.07 bits per heavy atom. The molecular weight excluding hydrogens is 191 g/mol. The number of carboxylic acids is 1. The van der Waals surface area contributed by atoms with Gasteiger partial charge < -0.3 is 21.7 Å². The Morgan fingerprint density at radius 3 is 2.57 bits per heavy atom. The molecule has 0 aliphatic heterocycles. The van der Waals surface area contributed by atoms with Crippen LogP contribution in [0.2, 0.25) is 0 Å². The van der Waals surface area contributed by atoms with Gasteiger partial charge in [-0.15, -0.1) is 0 Å². The smallest absolute Gasteiger partial charge is 0.325 e. The second kappa shape index (κ2) is 3.51. The number of carboxylic acid groups (broad SMARTS) is 1. The molecule has 76 valence electrons. The van der Waals surface area contributed by atoms with Gasteiger partial charge in [-0.25, -0.2) is 4.39 Å². The predicted octanol–water partition coefficient (Wildman–Crippen LogP) is 0.198. The third-order valence-electron chi connectivity index (χ3n) is 1.73. The van der Waals surface area contributed by atoms with Gasteiger partial charge in [0, 0.05) is 11.6 Å². The number of phenolic OH excluding ortho intramolecular Hbond substituents is 1. The predicted molar refractivity (Wildman–Crippen MR) is 47.0 cm³/mol. The molecule has 1 rings (SSSR count). The quantitative estimate of drug-likeness (QED) is 0.402. The Bertz CT molecular complexity index is 381. The Morgan fingerprint density at radius 1 is 1.50 bits per heavy atom. The fraction of sp³-hybridized carbons (Fsp3) is 0.125. The van der Waals surface area contributed by atoms with Crippen LogP contribution in [0.15, 0.2) is 12.1 Å². The van der Waals surface area contributed by atoms with E-state index in [0.717, 1.165) is 12.1 Å². The zero-order valence-corrected chi connectivity index (χ0v) is 7.07. The van der Waals surface area contributed by atoms with Crippen LogP contribution in [-0.4, -0.2) is 16.2 Å². The van der Waals surface area contributed by atoms with Gasteiger partial charge in [0.15, 0.2) is 0 Å². The molecule has 6 heteroatoms. The van der Waals surface area contributed by atoms with Gasteiger partial charge in [-0.2, -0.15) is 0 Å². The number of rotatable bonds is 2. The first-order valence-electron chi connectivity index (χ1n) is 3.69. The number of nitrogen functional groups attached to an aromatic ring is 1. The van der Waals surface area contributed by atoms with Gasteiger partial charge in [-0.05, 0) is 6.07 Å². The second-order valence-corrected chi connectivity index (χ2v) is 2.75. The molecule has 0 aromatic heterocycles. The monoisotopic (exact) mass is 200 g/mol. The second-order valence-electron chi connectivity index (χ2n) is 2.75. The van der Waals surface area contributed by atoms with Crippen molar-refractivity contribution in [2.75, 3.05) is 5.73 Å². The summed E-state index contributed by atoms with van der Waals surface area (Å²) in [6, 6.07) is 0.228. The van der Waals surface area contributed by atoms with Gasteiger partial charge in [0.05, 0.1) is 5.69 Å². The molecule has 0 saturated heterocycles. The number of anilines is 1. The zero-order valence-electron chi connectivity index (χ0n) is 7.07. The van der Waals surface area contributed by atoms with Crippen LogP contribution >= 0.6 is 0 Å². The van der Waals surface area contributed by atoms with Crippen LogP contribution in [0.25, 0.3) is 0 Å². The summed E-state index contributed by atoms with van der Waals surface area (Å²) in [5.74, 6) is -2.61. The zero-order chi connectivity index (χ0) is 10.9. The van der Waals surface area contributed by atoms with E-state index in [1.807, 2.05) is 0 Å². The van der Waals surface area contributed by atoms with Crippen molar-refractivity contribution in [2.45, 2.75) is 6.04 Å². The number of benzene rings is 1. The van der Waals surface area contributed by atoms with E-state index in [1.54, 1.807) is 0 Å². The van der Waals surface area contributed by atoms with Crippen molar-refractivity contribution in [2.24, 2.45) is 5.73 Å². The van der Waals surface area contributed by atoms with Crippen molar-refractivity contribution in [1.29, 1.82) is 0 Å². The summed E-state index contributed by atoms with van der Waals surface area (Å²) in [6.07, 6.45) is 0. The Hall–Kier alpha value is -1.82. The summed E-state index contributed by atoms with van der Waals surface area (Å²) in [5, 5.41) is 17.8. The van der Waals surface area contributed by atoms with E-state index in [1.165, 1.54) is 0 Å². The molecule has 0 radical (unpaired) electrons. The number of aliphatic carboxylic acids is 1. The topological polar surface area (TPSA) is 110 Å². The molecule has 0 aliphatic carbocycles. The van der Waals surface area contributed by atoms with Crippen molar-refractivity contribution in [1.82, 2.24) is 0 Å². The van der Waals surface area contributed by atoms with Crippen LogP contribution in [0.3, 0.4) is 0 Å². The van der Waals surface area contributed by atoms with Crippen LogP contribution in [0.4, 0.5) is 10.1 Å². The van der Waals surface area contributed by atoms with Crippen molar-refractivity contribution in [3.63, 3.8) is 0 Å². The lowest BCUT2D eigenvalue weighted by atomic mass is 10.1. The maximum atomic E-state index is 12.8. The summed E-state index contributed by atoms with van der Waals surface area (Å²) >= 11 is 0. The first kappa shape index (κ1) is 10.3. The normalized spacial score (nSPS) is 12.4. The van der Waals surface area contributed by atoms with Gasteiger partial charge in [-0.1, -0.05) is 0 Å². The molecule has 0 amide bonds. The minimum Gasteiger partial charge on any atom is -0.505 e. The van der Waals surface area contributed by atoms with E-state index < -0.39 is 23.6 Å². The highest BCUT2D eigenvalue weighted by Gasteiger charge is 2.20. The Balaban J connectivity index is 3.26. The van der Waals surface area contributed by atoms with Crippen LogP contribution in [-0.2, 0) is 4.79 Å². The molecule has 1 aromatic carbocycles. The maximum absolute atomic E-state index is 12.8. The first-order chi connectivity index (χ1) is 6.43. The largest absolute Gasteiger partial charge is 0.505 e. The lowest BCUT2D eigenvalue weighted by molar-refractivity contribution is -0.138. The number of phenols is 1. The van der Waals surface area contributed by atoms with Gasteiger partial charge in [0.25, 0.3) is 0 Å². The number of aromatic hydroxyl groups is 1. The van der Waals surface area contributed by atoms with Crippen molar-refractivity contribution in [3.05, 3.63) is 23.5 Å². The maximum Gasteiger partial charge on any atom is 0.325 e. The van der Waals surface area contributed by atoms with E-state index >= 15 is 0 Å². The fourth-order valence-corrected chi connectivity index (χ4v) is 1.01. The summed E-state index contributed by atoms with van der Waals surface area (Å²) in [4.78, 5) is 10.5. The number of halogens is 1. The summed E-state index contributed by atoms with van der Waals surface area (Å²) in [6.45, 7) is 0. The number of hydrogen-bond donors (Lipinski definition) is 4. The van der Waals surface area contributed by atoms with Gasteiger partial charge in [0.1, 0.15) is 17.6 Å². The number of hydrogen-bond acceptors (Lipinski definition) is 4. The number of carbonyl (C=O) groups is 1. The van der Waals surface area contributed by atoms with Crippen LogP contribution in [0.5, 0.6) is 5.75 Å². The lowest BCUT2D eigenvalue weighted by Gasteiger charge is -2.10. The van der Waals surface area contributed by atoms with E-state index in [-0.39, 0.29) is 11.3 Å². The van der Waals surface area contributed by atoms with Gasteiger partial charge in [0.2, 0.25) is 0 Å². The highest BCUT2D eigenvalue weighted by atomic mass is 19.1. The minimum absolute atomic E-state index is 0.239. The molecule has 14 heavy (non-hydrogen) atoms. The molecule has 0 spiro atoms. The molecular formula is C8H9FN2O3. The molecule has 0 saturated carbocycles. The van der Waals surface area contributed by atoms with Crippen molar-refractivity contribution in [3.8, 4) is 5.75 Å². The fourth-order valence-electron chi connectivity index (χ4n) is 1.01. The first-order valence-corrected chi connectivity index (χ1v) is 3.69.